The quantitative estimate of drug-likeness (QED) is 0.361. The van der Waals surface area contributed by atoms with Gasteiger partial charge in [-0.1, -0.05) is 0 Å². The highest BCUT2D eigenvalue weighted by Gasteiger charge is 2.02. The number of nitrogens with zero attached hydrogens (tertiary/aromatic N) is 2. The predicted octanol–water partition coefficient (Wildman–Crippen LogP) is 1.13. The Labute approximate surface area is 108 Å². The van der Waals surface area contributed by atoms with Gasteiger partial charge in [0, 0.05) is 18.3 Å². The molecule has 0 aliphatic carbocycles. The molecule has 0 amide bonds. The largest absolute Gasteiger partial charge is 0.376 e. The van der Waals surface area contributed by atoms with Crippen LogP contribution in [0.5, 0.6) is 0 Å². The Balaban J connectivity index is 2.69. The van der Waals surface area contributed by atoms with Crippen LogP contribution >= 0.6 is 24.4 Å². The second-order valence-corrected chi connectivity index (χ2v) is 3.73. The normalized spacial score (nSPS) is 10.1. The lowest BCUT2D eigenvalue weighted by molar-refractivity contribution is -0.384. The Bertz CT molecular complexity index is 484. The standard InChI is InChI=1S/C9H8N4O2S2/c10-8(16)12-9(17)11-5-6-1-3-7(4-2-6)13(14)15/h1-5H,(H3,10,12,16,17). The highest BCUT2D eigenvalue weighted by Crippen LogP contribution is 2.10. The fraction of sp³-hybridized carbons (Fsp3) is 0. The van der Waals surface area contributed by atoms with E-state index in [0.29, 0.717) is 5.56 Å². The fourth-order valence-corrected chi connectivity index (χ4v) is 1.28. The molecule has 6 nitrogen and oxygen atoms in total. The monoisotopic (exact) mass is 268 g/mol. The summed E-state index contributed by atoms with van der Waals surface area (Å²) in [6.45, 7) is 0. The van der Waals surface area contributed by atoms with Gasteiger partial charge in [-0.3, -0.25) is 10.1 Å². The number of aliphatic imine (C=N–C) groups is 1. The van der Waals surface area contributed by atoms with Crippen molar-refractivity contribution in [2.45, 2.75) is 0 Å². The third-order valence-electron chi connectivity index (χ3n) is 1.66. The first-order chi connectivity index (χ1) is 7.99. The Hall–Kier alpha value is -1.93. The molecule has 3 N–H and O–H groups in total. The number of non-ortho nitro benzene ring substituents is 1. The lowest BCUT2D eigenvalue weighted by atomic mass is 10.2. The van der Waals surface area contributed by atoms with E-state index >= 15 is 0 Å². The number of rotatable bonds is 2. The van der Waals surface area contributed by atoms with Crippen LogP contribution in [0.1, 0.15) is 5.56 Å². The van der Waals surface area contributed by atoms with E-state index in [1.54, 1.807) is 12.1 Å². The molecular weight excluding hydrogens is 260 g/mol. The van der Waals surface area contributed by atoms with Crippen LogP contribution in [0.15, 0.2) is 29.3 Å². The summed E-state index contributed by atoms with van der Waals surface area (Å²) in [5, 5.41) is 13.1. The summed E-state index contributed by atoms with van der Waals surface area (Å²) in [6.07, 6.45) is 1.46. The molecule has 0 saturated heterocycles. The van der Waals surface area contributed by atoms with E-state index in [1.165, 1.54) is 18.3 Å². The third-order valence-corrected chi connectivity index (χ3v) is 1.97. The SMILES string of the molecule is NC(=S)NC(=S)N=Cc1ccc([N+](=O)[O-])cc1. The summed E-state index contributed by atoms with van der Waals surface area (Å²) >= 11 is 9.39. The zero-order valence-corrected chi connectivity index (χ0v) is 10.1. The molecule has 0 fully saturated rings. The molecule has 0 aliphatic rings. The van der Waals surface area contributed by atoms with Gasteiger partial charge in [0.2, 0.25) is 0 Å². The lowest BCUT2D eigenvalue weighted by Gasteiger charge is -1.98. The van der Waals surface area contributed by atoms with Gasteiger partial charge >= 0.3 is 0 Å². The number of thiocarbonyl (C=S) groups is 2. The topological polar surface area (TPSA) is 93.5 Å². The molecule has 1 aromatic carbocycles. The second kappa shape index (κ2) is 5.97. The molecule has 0 radical (unpaired) electrons. The summed E-state index contributed by atoms with van der Waals surface area (Å²) in [7, 11) is 0. The van der Waals surface area contributed by atoms with Crippen molar-refractivity contribution in [2.24, 2.45) is 10.7 Å². The van der Waals surface area contributed by atoms with E-state index in [9.17, 15) is 10.1 Å². The van der Waals surface area contributed by atoms with Gasteiger partial charge in [-0.15, -0.1) is 0 Å². The number of nitrogens with two attached hydrogens (primary N) is 1. The summed E-state index contributed by atoms with van der Waals surface area (Å²) < 4.78 is 0. The van der Waals surface area contributed by atoms with Crippen molar-refractivity contribution in [1.29, 1.82) is 0 Å². The molecule has 17 heavy (non-hydrogen) atoms. The molecule has 0 heterocycles. The van der Waals surface area contributed by atoms with Gasteiger partial charge in [0.05, 0.1) is 4.92 Å². The van der Waals surface area contributed by atoms with Crippen molar-refractivity contribution in [3.8, 4) is 0 Å². The maximum atomic E-state index is 10.4. The van der Waals surface area contributed by atoms with Gasteiger partial charge in [-0.25, -0.2) is 4.99 Å². The molecule has 1 rings (SSSR count). The van der Waals surface area contributed by atoms with E-state index in [0.717, 1.165) is 0 Å². The van der Waals surface area contributed by atoms with Crippen molar-refractivity contribution in [3.05, 3.63) is 39.9 Å². The summed E-state index contributed by atoms with van der Waals surface area (Å²) in [4.78, 5) is 13.8. The van der Waals surface area contributed by atoms with Crippen molar-refractivity contribution in [1.82, 2.24) is 5.32 Å². The van der Waals surface area contributed by atoms with Gasteiger partial charge in [-0.2, -0.15) is 0 Å². The van der Waals surface area contributed by atoms with Gasteiger partial charge in [-0.05, 0) is 42.1 Å². The maximum absolute atomic E-state index is 10.4. The van der Waals surface area contributed by atoms with Crippen LogP contribution in [-0.4, -0.2) is 21.4 Å². The van der Waals surface area contributed by atoms with E-state index in [-0.39, 0.29) is 15.9 Å². The van der Waals surface area contributed by atoms with Crippen LogP contribution in [0, 0.1) is 10.1 Å². The van der Waals surface area contributed by atoms with Crippen LogP contribution < -0.4 is 11.1 Å². The minimum atomic E-state index is -0.472. The molecule has 0 spiro atoms. The van der Waals surface area contributed by atoms with E-state index < -0.39 is 4.92 Å². The van der Waals surface area contributed by atoms with Crippen LogP contribution in [0.2, 0.25) is 0 Å². The van der Waals surface area contributed by atoms with Gasteiger partial charge < -0.3 is 11.1 Å². The smallest absolute Gasteiger partial charge is 0.269 e. The summed E-state index contributed by atoms with van der Waals surface area (Å²) in [5.41, 5.74) is 5.90. The summed E-state index contributed by atoms with van der Waals surface area (Å²) in [5.74, 6) is 0. The average Bonchev–Trinajstić information content (AvgIpc) is 2.26. The van der Waals surface area contributed by atoms with Crippen molar-refractivity contribution in [2.75, 3.05) is 0 Å². The first-order valence-electron chi connectivity index (χ1n) is 4.38. The fourth-order valence-electron chi connectivity index (χ4n) is 0.953. The minimum Gasteiger partial charge on any atom is -0.376 e. The van der Waals surface area contributed by atoms with Crippen molar-refractivity contribution >= 4 is 46.6 Å². The second-order valence-electron chi connectivity index (χ2n) is 2.90. The van der Waals surface area contributed by atoms with Crippen molar-refractivity contribution < 1.29 is 4.92 Å². The Morgan fingerprint density at radius 3 is 2.47 bits per heavy atom. The number of hydrogen-bond donors (Lipinski definition) is 2. The highest BCUT2D eigenvalue weighted by molar-refractivity contribution is 7.81. The number of hydrogen-bond acceptors (Lipinski definition) is 4. The first-order valence-corrected chi connectivity index (χ1v) is 5.19. The zero-order chi connectivity index (χ0) is 12.8. The average molecular weight is 268 g/mol. The van der Waals surface area contributed by atoms with E-state index in [4.69, 9.17) is 18.0 Å². The van der Waals surface area contributed by atoms with E-state index in [1.807, 2.05) is 0 Å². The number of nitro groups is 1. The third kappa shape index (κ3) is 4.62. The van der Waals surface area contributed by atoms with Crippen molar-refractivity contribution in [3.63, 3.8) is 0 Å². The zero-order valence-electron chi connectivity index (χ0n) is 8.49. The van der Waals surface area contributed by atoms with Crippen LogP contribution in [0.3, 0.4) is 0 Å². The molecule has 1 aromatic rings. The molecular formula is C9H8N4O2S2. The lowest BCUT2D eigenvalue weighted by Crippen LogP contribution is -2.32. The predicted molar refractivity (Wildman–Crippen MR) is 73.2 cm³/mol. The van der Waals surface area contributed by atoms with Crippen LogP contribution in [0.4, 0.5) is 5.69 Å². The summed E-state index contributed by atoms with van der Waals surface area (Å²) in [6, 6.07) is 5.88. The van der Waals surface area contributed by atoms with Gasteiger partial charge in [0.25, 0.3) is 5.69 Å². The molecule has 0 bridgehead atoms. The molecule has 8 heteroatoms. The molecule has 0 aliphatic heterocycles. The van der Waals surface area contributed by atoms with Crippen LogP contribution in [0.25, 0.3) is 0 Å². The Morgan fingerprint density at radius 1 is 1.41 bits per heavy atom. The molecule has 0 aromatic heterocycles. The number of nitro benzene ring substituents is 1. The van der Waals surface area contributed by atoms with Gasteiger partial charge in [0.15, 0.2) is 10.2 Å². The molecule has 0 saturated carbocycles. The van der Waals surface area contributed by atoms with Gasteiger partial charge in [0.1, 0.15) is 0 Å². The minimum absolute atomic E-state index is 0.0194. The van der Waals surface area contributed by atoms with Crippen LogP contribution in [-0.2, 0) is 0 Å². The maximum Gasteiger partial charge on any atom is 0.269 e. The molecule has 88 valence electrons. The first kappa shape index (κ1) is 13.1. The number of nitrogens with one attached hydrogen (secondary N) is 1. The molecule has 0 unspecified atom stereocenters. The Kier molecular flexibility index (Phi) is 4.61. The number of benzene rings is 1. The molecule has 0 atom stereocenters. The highest BCUT2D eigenvalue weighted by atomic mass is 32.1. The Morgan fingerprint density at radius 2 is 2.00 bits per heavy atom. The van der Waals surface area contributed by atoms with E-state index in [2.05, 4.69) is 22.5 Å².